The first-order valence-corrected chi connectivity index (χ1v) is 7.13. The number of anilines is 2. The van der Waals surface area contributed by atoms with Gasteiger partial charge in [-0.2, -0.15) is 13.2 Å². The van der Waals surface area contributed by atoms with Gasteiger partial charge < -0.3 is 10.2 Å². The summed E-state index contributed by atoms with van der Waals surface area (Å²) in [5, 5.41) is 3.21. The van der Waals surface area contributed by atoms with Crippen molar-refractivity contribution in [2.45, 2.75) is 45.7 Å². The van der Waals surface area contributed by atoms with Gasteiger partial charge in [0.1, 0.15) is 18.0 Å². The van der Waals surface area contributed by atoms with E-state index in [1.807, 2.05) is 20.8 Å². The number of halogens is 3. The fraction of sp³-hybridized carbons (Fsp3) is 0.714. The van der Waals surface area contributed by atoms with Crippen LogP contribution in [0.5, 0.6) is 0 Å². The van der Waals surface area contributed by atoms with Gasteiger partial charge >= 0.3 is 6.18 Å². The third-order valence-corrected chi connectivity index (χ3v) is 3.07. The Labute approximate surface area is 123 Å². The SMILES string of the molecule is CCCNc1ncnc(N(C)CCC(F)(F)F)c1C(C)C. The number of rotatable bonds is 7. The first-order valence-electron chi connectivity index (χ1n) is 7.13. The van der Waals surface area contributed by atoms with E-state index < -0.39 is 12.6 Å². The van der Waals surface area contributed by atoms with Crippen LogP contribution in [0.25, 0.3) is 0 Å². The Bertz CT molecular complexity index is 446. The van der Waals surface area contributed by atoms with E-state index in [0.717, 1.165) is 18.5 Å². The molecule has 0 amide bonds. The first-order chi connectivity index (χ1) is 9.76. The van der Waals surface area contributed by atoms with Crippen LogP contribution in [0.15, 0.2) is 6.33 Å². The van der Waals surface area contributed by atoms with E-state index in [1.165, 1.54) is 6.33 Å². The minimum Gasteiger partial charge on any atom is -0.370 e. The van der Waals surface area contributed by atoms with Crippen LogP contribution < -0.4 is 10.2 Å². The van der Waals surface area contributed by atoms with E-state index in [-0.39, 0.29) is 12.5 Å². The van der Waals surface area contributed by atoms with Crippen LogP contribution in [0.2, 0.25) is 0 Å². The monoisotopic (exact) mass is 304 g/mol. The van der Waals surface area contributed by atoms with Gasteiger partial charge in [0.05, 0.1) is 6.42 Å². The Morgan fingerprint density at radius 3 is 2.48 bits per heavy atom. The third-order valence-electron chi connectivity index (χ3n) is 3.07. The maximum atomic E-state index is 12.4. The van der Waals surface area contributed by atoms with Crippen LogP contribution >= 0.6 is 0 Å². The molecule has 0 aliphatic rings. The van der Waals surface area contributed by atoms with Gasteiger partial charge in [0, 0.05) is 25.7 Å². The Morgan fingerprint density at radius 2 is 1.95 bits per heavy atom. The lowest BCUT2D eigenvalue weighted by atomic mass is 10.0. The number of alkyl halides is 3. The van der Waals surface area contributed by atoms with Crippen molar-refractivity contribution in [2.24, 2.45) is 0 Å². The van der Waals surface area contributed by atoms with Crippen molar-refractivity contribution in [1.82, 2.24) is 9.97 Å². The molecular formula is C14H23F3N4. The van der Waals surface area contributed by atoms with E-state index in [9.17, 15) is 13.2 Å². The molecule has 0 saturated heterocycles. The zero-order valence-electron chi connectivity index (χ0n) is 13.0. The molecule has 1 rings (SSSR count). The van der Waals surface area contributed by atoms with Crippen molar-refractivity contribution in [3.63, 3.8) is 0 Å². The number of nitrogens with zero attached hydrogens (tertiary/aromatic N) is 3. The quantitative estimate of drug-likeness (QED) is 0.831. The smallest absolute Gasteiger partial charge is 0.370 e. The standard InChI is InChI=1S/C14H23F3N4/c1-5-7-18-12-11(10(2)3)13(20-9-19-12)21(4)8-6-14(15,16)17/h9-10H,5-8H2,1-4H3,(H,18,19,20). The Kier molecular flexibility index (Phi) is 6.23. The second kappa shape index (κ2) is 7.47. The Morgan fingerprint density at radius 1 is 1.29 bits per heavy atom. The van der Waals surface area contributed by atoms with Crippen LogP contribution in [-0.2, 0) is 0 Å². The van der Waals surface area contributed by atoms with Crippen molar-refractivity contribution in [3.8, 4) is 0 Å². The summed E-state index contributed by atoms with van der Waals surface area (Å²) in [4.78, 5) is 9.94. The molecule has 4 nitrogen and oxygen atoms in total. The molecule has 0 radical (unpaired) electrons. The van der Waals surface area contributed by atoms with Crippen LogP contribution in [0.4, 0.5) is 24.8 Å². The van der Waals surface area contributed by atoms with Crippen molar-refractivity contribution in [2.75, 3.05) is 30.4 Å². The molecule has 0 fully saturated rings. The highest BCUT2D eigenvalue weighted by Gasteiger charge is 2.28. The van der Waals surface area contributed by atoms with E-state index >= 15 is 0 Å². The Hall–Kier alpha value is -1.53. The molecule has 0 aromatic carbocycles. The normalized spacial score (nSPS) is 11.8. The lowest BCUT2D eigenvalue weighted by Crippen LogP contribution is -2.26. The van der Waals surface area contributed by atoms with Gasteiger partial charge in [-0.3, -0.25) is 0 Å². The fourth-order valence-electron chi connectivity index (χ4n) is 2.01. The van der Waals surface area contributed by atoms with Gasteiger partial charge in [-0.05, 0) is 12.3 Å². The Balaban J connectivity index is 2.99. The molecule has 1 heterocycles. The van der Waals surface area contributed by atoms with Crippen molar-refractivity contribution in [3.05, 3.63) is 11.9 Å². The summed E-state index contributed by atoms with van der Waals surface area (Å²) >= 11 is 0. The largest absolute Gasteiger partial charge is 0.390 e. The van der Waals surface area contributed by atoms with Gasteiger partial charge in [-0.25, -0.2) is 9.97 Å². The molecule has 1 aromatic rings. The maximum absolute atomic E-state index is 12.4. The second-order valence-corrected chi connectivity index (χ2v) is 5.33. The van der Waals surface area contributed by atoms with E-state index in [2.05, 4.69) is 15.3 Å². The fourth-order valence-corrected chi connectivity index (χ4v) is 2.01. The zero-order chi connectivity index (χ0) is 16.0. The minimum atomic E-state index is -4.16. The molecule has 0 saturated carbocycles. The lowest BCUT2D eigenvalue weighted by molar-refractivity contribution is -0.132. The van der Waals surface area contributed by atoms with Gasteiger partial charge in [0.25, 0.3) is 0 Å². The van der Waals surface area contributed by atoms with E-state index in [1.54, 1.807) is 11.9 Å². The van der Waals surface area contributed by atoms with Gasteiger partial charge in [-0.1, -0.05) is 20.8 Å². The topological polar surface area (TPSA) is 41.1 Å². The van der Waals surface area contributed by atoms with Crippen LogP contribution in [0, 0.1) is 0 Å². The highest BCUT2D eigenvalue weighted by Crippen LogP contribution is 2.31. The average Bonchev–Trinajstić information content (AvgIpc) is 2.40. The van der Waals surface area contributed by atoms with Crippen LogP contribution in [0.1, 0.15) is 45.1 Å². The molecule has 1 N–H and O–H groups in total. The average molecular weight is 304 g/mol. The molecule has 1 aromatic heterocycles. The summed E-state index contributed by atoms with van der Waals surface area (Å²) in [6.07, 6.45) is -2.69. The lowest BCUT2D eigenvalue weighted by Gasteiger charge is -2.24. The molecule has 21 heavy (non-hydrogen) atoms. The predicted octanol–water partition coefficient (Wildman–Crippen LogP) is 3.81. The highest BCUT2D eigenvalue weighted by molar-refractivity contribution is 5.60. The van der Waals surface area contributed by atoms with Gasteiger partial charge in [0.2, 0.25) is 0 Å². The maximum Gasteiger partial charge on any atom is 0.390 e. The minimum absolute atomic E-state index is 0.118. The summed E-state index contributed by atoms with van der Waals surface area (Å²) in [6, 6.07) is 0. The van der Waals surface area contributed by atoms with Gasteiger partial charge in [0.15, 0.2) is 0 Å². The zero-order valence-corrected chi connectivity index (χ0v) is 13.0. The van der Waals surface area contributed by atoms with Crippen molar-refractivity contribution in [1.29, 1.82) is 0 Å². The molecule has 0 aliphatic carbocycles. The van der Waals surface area contributed by atoms with Gasteiger partial charge in [-0.15, -0.1) is 0 Å². The summed E-state index contributed by atoms with van der Waals surface area (Å²) in [6.45, 7) is 6.66. The molecule has 0 atom stereocenters. The molecule has 0 unspecified atom stereocenters. The van der Waals surface area contributed by atoms with Crippen LogP contribution in [0.3, 0.4) is 0 Å². The predicted molar refractivity (Wildman–Crippen MR) is 78.8 cm³/mol. The number of hydrogen-bond acceptors (Lipinski definition) is 4. The summed E-state index contributed by atoms with van der Waals surface area (Å²) in [5.74, 6) is 1.38. The molecule has 0 spiro atoms. The number of aromatic nitrogens is 2. The van der Waals surface area contributed by atoms with Crippen LogP contribution in [-0.4, -0.2) is 36.3 Å². The van der Waals surface area contributed by atoms with E-state index in [4.69, 9.17) is 0 Å². The van der Waals surface area contributed by atoms with Crippen molar-refractivity contribution < 1.29 is 13.2 Å². The molecule has 120 valence electrons. The first kappa shape index (κ1) is 17.5. The summed E-state index contributed by atoms with van der Waals surface area (Å²) < 4.78 is 37.1. The second-order valence-electron chi connectivity index (χ2n) is 5.33. The molecule has 7 heteroatoms. The highest BCUT2D eigenvalue weighted by atomic mass is 19.4. The van der Waals surface area contributed by atoms with E-state index in [0.29, 0.717) is 11.6 Å². The number of nitrogens with one attached hydrogen (secondary N) is 1. The molecular weight excluding hydrogens is 281 g/mol. The summed E-state index contributed by atoms with van der Waals surface area (Å²) in [5.41, 5.74) is 0.857. The summed E-state index contributed by atoms with van der Waals surface area (Å²) in [7, 11) is 1.63. The molecule has 0 bridgehead atoms. The third kappa shape index (κ3) is 5.40. The molecule has 0 aliphatic heterocycles. The van der Waals surface area contributed by atoms with Crippen molar-refractivity contribution >= 4 is 11.6 Å². The number of hydrogen-bond donors (Lipinski definition) is 1.